The minimum Gasteiger partial charge on any atom is -0.443 e. The molecule has 0 radical (unpaired) electrons. The molecule has 0 aliphatic carbocycles. The van der Waals surface area contributed by atoms with Crippen molar-refractivity contribution < 1.29 is 9.21 Å². The first-order chi connectivity index (χ1) is 13.5. The van der Waals surface area contributed by atoms with Crippen LogP contribution in [-0.4, -0.2) is 32.1 Å². The van der Waals surface area contributed by atoms with Crippen LogP contribution in [-0.2, 0) is 6.42 Å². The van der Waals surface area contributed by atoms with Gasteiger partial charge in [0.25, 0.3) is 5.91 Å². The van der Waals surface area contributed by atoms with E-state index in [-0.39, 0.29) is 18.0 Å². The molecule has 1 fully saturated rings. The predicted octanol–water partition coefficient (Wildman–Crippen LogP) is 4.67. The molecule has 7 heteroatoms. The number of carbonyl (C=O) groups is 1. The van der Waals surface area contributed by atoms with Crippen molar-refractivity contribution >= 4 is 17.5 Å². The zero-order valence-electron chi connectivity index (χ0n) is 16.0. The van der Waals surface area contributed by atoms with Crippen molar-refractivity contribution in [1.29, 1.82) is 0 Å². The number of benzene rings is 1. The maximum Gasteiger partial charge on any atom is 0.272 e. The second-order valence-electron chi connectivity index (χ2n) is 7.38. The smallest absolute Gasteiger partial charge is 0.272 e. The number of halogens is 1. The minimum absolute atomic E-state index is 0.0221. The van der Waals surface area contributed by atoms with Crippen LogP contribution in [0.25, 0.3) is 0 Å². The van der Waals surface area contributed by atoms with Crippen molar-refractivity contribution in [2.75, 3.05) is 6.54 Å². The first-order valence-electron chi connectivity index (χ1n) is 9.56. The summed E-state index contributed by atoms with van der Waals surface area (Å²) in [4.78, 5) is 19.5. The summed E-state index contributed by atoms with van der Waals surface area (Å²) in [7, 11) is 0. The highest BCUT2D eigenvalue weighted by Gasteiger charge is 2.35. The molecule has 28 heavy (non-hydrogen) atoms. The van der Waals surface area contributed by atoms with E-state index in [0.29, 0.717) is 29.6 Å². The number of hydrogen-bond donors (Lipinski definition) is 0. The van der Waals surface area contributed by atoms with Gasteiger partial charge in [-0.25, -0.2) is 4.98 Å². The van der Waals surface area contributed by atoms with Gasteiger partial charge in [-0.05, 0) is 50.5 Å². The molecule has 0 spiro atoms. The van der Waals surface area contributed by atoms with Gasteiger partial charge < -0.3 is 9.32 Å². The van der Waals surface area contributed by atoms with Crippen molar-refractivity contribution in [3.05, 3.63) is 70.7 Å². The number of carbonyl (C=O) groups excluding carboxylic acids is 1. The fraction of sp³-hybridized carbons (Fsp3) is 0.381. The molecule has 6 nitrogen and oxygen atoms in total. The van der Waals surface area contributed by atoms with Crippen LogP contribution in [0.5, 0.6) is 0 Å². The third kappa shape index (κ3) is 3.69. The average molecular weight is 399 g/mol. The third-order valence-corrected chi connectivity index (χ3v) is 5.29. The van der Waals surface area contributed by atoms with Crippen LogP contribution < -0.4 is 0 Å². The number of rotatable bonds is 5. The van der Waals surface area contributed by atoms with Gasteiger partial charge in [-0.15, -0.1) is 0 Å². The largest absolute Gasteiger partial charge is 0.443 e. The van der Waals surface area contributed by atoms with Crippen molar-refractivity contribution in [2.24, 2.45) is 0 Å². The van der Waals surface area contributed by atoms with Gasteiger partial charge in [0.15, 0.2) is 0 Å². The van der Waals surface area contributed by atoms with E-state index in [1.165, 1.54) is 0 Å². The van der Waals surface area contributed by atoms with Crippen molar-refractivity contribution in [3.63, 3.8) is 0 Å². The van der Waals surface area contributed by atoms with Crippen molar-refractivity contribution in [1.82, 2.24) is 19.7 Å². The second-order valence-corrected chi connectivity index (χ2v) is 7.82. The lowest BCUT2D eigenvalue weighted by Gasteiger charge is -2.23. The Kier molecular flexibility index (Phi) is 5.22. The fourth-order valence-electron chi connectivity index (χ4n) is 3.67. The summed E-state index contributed by atoms with van der Waals surface area (Å²) in [5, 5.41) is 4.99. The van der Waals surface area contributed by atoms with E-state index < -0.39 is 0 Å². The second kappa shape index (κ2) is 7.80. The molecule has 3 heterocycles. The number of nitrogens with zero attached hydrogens (tertiary/aromatic N) is 4. The molecule has 4 rings (SSSR count). The van der Waals surface area contributed by atoms with Crippen molar-refractivity contribution in [3.8, 4) is 0 Å². The van der Waals surface area contributed by atoms with Gasteiger partial charge in [0.2, 0.25) is 5.89 Å². The van der Waals surface area contributed by atoms with Gasteiger partial charge in [-0.1, -0.05) is 23.7 Å². The first-order valence-corrected chi connectivity index (χ1v) is 9.94. The molecule has 1 aromatic carbocycles. The van der Waals surface area contributed by atoms with Crippen LogP contribution in [0.3, 0.4) is 0 Å². The summed E-state index contributed by atoms with van der Waals surface area (Å²) >= 11 is 5.94. The number of amides is 1. The van der Waals surface area contributed by atoms with Crippen molar-refractivity contribution in [2.45, 2.75) is 45.2 Å². The van der Waals surface area contributed by atoms with Crippen LogP contribution in [0.4, 0.5) is 0 Å². The Bertz CT molecular complexity index is 961. The van der Waals surface area contributed by atoms with E-state index in [9.17, 15) is 4.79 Å². The Morgan fingerprint density at radius 2 is 2.07 bits per heavy atom. The third-order valence-electron chi connectivity index (χ3n) is 5.04. The maximum atomic E-state index is 13.1. The lowest BCUT2D eigenvalue weighted by Crippen LogP contribution is -2.32. The zero-order valence-corrected chi connectivity index (χ0v) is 16.8. The van der Waals surface area contributed by atoms with E-state index in [4.69, 9.17) is 16.0 Å². The topological polar surface area (TPSA) is 64.2 Å². The molecular formula is C21H23ClN4O2. The highest BCUT2D eigenvalue weighted by Crippen LogP contribution is 2.33. The van der Waals surface area contributed by atoms with E-state index in [0.717, 1.165) is 24.2 Å². The minimum atomic E-state index is -0.137. The Hall–Kier alpha value is -2.60. The van der Waals surface area contributed by atoms with Gasteiger partial charge in [-0.3, -0.25) is 9.48 Å². The number of likely N-dealkylation sites (tertiary alicyclic amines) is 1. The molecule has 2 aromatic heterocycles. The van der Waals surface area contributed by atoms with Crippen LogP contribution in [0.1, 0.15) is 66.5 Å². The summed E-state index contributed by atoms with van der Waals surface area (Å²) in [6.07, 6.45) is 5.85. The summed E-state index contributed by atoms with van der Waals surface area (Å²) in [5.74, 6) is 1.36. The quantitative estimate of drug-likeness (QED) is 0.626. The fourth-order valence-corrected chi connectivity index (χ4v) is 3.80. The van der Waals surface area contributed by atoms with Crippen LogP contribution in [0.2, 0.25) is 5.02 Å². The van der Waals surface area contributed by atoms with Gasteiger partial charge in [0.05, 0.1) is 6.20 Å². The van der Waals surface area contributed by atoms with E-state index in [1.54, 1.807) is 23.1 Å². The molecular weight excluding hydrogens is 376 g/mol. The monoisotopic (exact) mass is 398 g/mol. The molecule has 1 amide bonds. The Balaban J connectivity index is 1.52. The van der Waals surface area contributed by atoms with E-state index in [2.05, 4.69) is 10.1 Å². The molecule has 1 unspecified atom stereocenters. The Labute approximate surface area is 169 Å². The molecule has 1 saturated heterocycles. The molecule has 3 aromatic rings. The van der Waals surface area contributed by atoms with Gasteiger partial charge in [0.1, 0.15) is 17.5 Å². The molecule has 1 aliphatic rings. The van der Waals surface area contributed by atoms with Crippen LogP contribution in [0.15, 0.2) is 47.1 Å². The summed E-state index contributed by atoms with van der Waals surface area (Å²) in [6, 6.07) is 9.45. The number of hydrogen-bond acceptors (Lipinski definition) is 4. The van der Waals surface area contributed by atoms with E-state index in [1.807, 2.05) is 43.0 Å². The summed E-state index contributed by atoms with van der Waals surface area (Å²) in [5.41, 5.74) is 1.71. The highest BCUT2D eigenvalue weighted by atomic mass is 35.5. The summed E-state index contributed by atoms with van der Waals surface area (Å²) < 4.78 is 7.78. The van der Waals surface area contributed by atoms with Gasteiger partial charge in [0, 0.05) is 30.2 Å². The molecule has 0 saturated carbocycles. The van der Waals surface area contributed by atoms with Crippen LogP contribution in [0, 0.1) is 0 Å². The first kappa shape index (κ1) is 18.7. The van der Waals surface area contributed by atoms with Crippen LogP contribution >= 0.6 is 11.6 Å². The highest BCUT2D eigenvalue weighted by molar-refractivity contribution is 6.30. The molecule has 0 N–H and O–H groups in total. The Morgan fingerprint density at radius 1 is 1.29 bits per heavy atom. The molecule has 146 valence electrons. The Morgan fingerprint density at radius 3 is 2.82 bits per heavy atom. The lowest BCUT2D eigenvalue weighted by atomic mass is 10.1. The molecule has 0 bridgehead atoms. The lowest BCUT2D eigenvalue weighted by molar-refractivity contribution is 0.0700. The van der Waals surface area contributed by atoms with E-state index >= 15 is 0 Å². The molecule has 1 aliphatic heterocycles. The normalized spacial score (nSPS) is 16.9. The standard InChI is InChI=1S/C21H23ClN4O2/c1-14(2)26-19(9-10-24-26)21(27)25-11-3-4-18(25)20-23-13-17(28-20)12-15-5-7-16(22)8-6-15/h5-10,13-14,18H,3-4,11-12H2,1-2H3. The molecule has 1 atom stereocenters. The zero-order chi connectivity index (χ0) is 19.7. The summed E-state index contributed by atoms with van der Waals surface area (Å²) in [6.45, 7) is 4.73. The number of aromatic nitrogens is 3. The van der Waals surface area contributed by atoms with Gasteiger partial charge in [-0.2, -0.15) is 5.10 Å². The number of oxazole rings is 1. The average Bonchev–Trinajstić information content (AvgIpc) is 3.43. The van der Waals surface area contributed by atoms with Gasteiger partial charge >= 0.3 is 0 Å². The predicted molar refractivity (Wildman–Crippen MR) is 106 cm³/mol. The SMILES string of the molecule is CC(C)n1nccc1C(=O)N1CCCC1c1ncc(Cc2ccc(Cl)cc2)o1. The maximum absolute atomic E-state index is 13.1.